The summed E-state index contributed by atoms with van der Waals surface area (Å²) in [6.07, 6.45) is 1.19. The van der Waals surface area contributed by atoms with Crippen molar-refractivity contribution in [2.24, 2.45) is 0 Å². The highest BCUT2D eigenvalue weighted by Gasteiger charge is 2.15. The van der Waals surface area contributed by atoms with E-state index < -0.39 is 0 Å². The van der Waals surface area contributed by atoms with Crippen molar-refractivity contribution < 1.29 is 19.1 Å². The standard InChI is InChI=1S/C21H25NO4/c1-25-21(24)14-15-22(17-18-9-4-2-5-10-18)20(23)13-8-16-26-19-11-6-3-7-12-19/h2-7,9-12H,8,13-17H2,1H3. The SMILES string of the molecule is COC(=O)CCN(Cc1ccccc1)C(=O)CCCOc1ccccc1. The molecule has 0 atom stereocenters. The van der Waals surface area contributed by atoms with Crippen LogP contribution in [0.25, 0.3) is 0 Å². The van der Waals surface area contributed by atoms with Crippen molar-refractivity contribution in [3.05, 3.63) is 66.2 Å². The molecule has 0 saturated carbocycles. The molecule has 0 heterocycles. The molecule has 2 aromatic carbocycles. The Bertz CT molecular complexity index is 673. The number of hydrogen-bond donors (Lipinski definition) is 0. The second-order valence-electron chi connectivity index (χ2n) is 5.89. The number of nitrogens with zero attached hydrogens (tertiary/aromatic N) is 1. The van der Waals surface area contributed by atoms with Crippen molar-refractivity contribution in [3.63, 3.8) is 0 Å². The number of carbonyl (C=O) groups excluding carboxylic acids is 2. The summed E-state index contributed by atoms with van der Waals surface area (Å²) in [5, 5.41) is 0. The predicted octanol–water partition coefficient (Wildman–Crippen LogP) is 3.44. The lowest BCUT2D eigenvalue weighted by Crippen LogP contribution is -2.32. The highest BCUT2D eigenvalue weighted by atomic mass is 16.5. The smallest absolute Gasteiger partial charge is 0.307 e. The van der Waals surface area contributed by atoms with Gasteiger partial charge in [-0.15, -0.1) is 0 Å². The topological polar surface area (TPSA) is 55.8 Å². The maximum atomic E-state index is 12.6. The van der Waals surface area contributed by atoms with Crippen LogP contribution in [-0.2, 0) is 20.9 Å². The summed E-state index contributed by atoms with van der Waals surface area (Å²) in [6.45, 7) is 1.31. The first-order chi connectivity index (χ1) is 12.7. The molecule has 0 spiro atoms. The first-order valence-electron chi connectivity index (χ1n) is 8.75. The van der Waals surface area contributed by atoms with E-state index in [2.05, 4.69) is 4.74 Å². The Morgan fingerprint density at radius 2 is 1.58 bits per heavy atom. The molecule has 1 amide bonds. The second kappa shape index (κ2) is 10.9. The molecule has 0 N–H and O–H groups in total. The van der Waals surface area contributed by atoms with Crippen molar-refractivity contribution in [3.8, 4) is 5.75 Å². The van der Waals surface area contributed by atoms with Crippen molar-refractivity contribution in [2.75, 3.05) is 20.3 Å². The van der Waals surface area contributed by atoms with E-state index in [9.17, 15) is 9.59 Å². The van der Waals surface area contributed by atoms with Crippen LogP contribution in [-0.4, -0.2) is 37.0 Å². The molecule has 0 aromatic heterocycles. The third kappa shape index (κ3) is 6.97. The second-order valence-corrected chi connectivity index (χ2v) is 5.89. The molecular formula is C21H25NO4. The Hall–Kier alpha value is -2.82. The van der Waals surface area contributed by atoms with Crippen LogP contribution in [0.15, 0.2) is 60.7 Å². The molecule has 0 saturated heterocycles. The molecule has 138 valence electrons. The zero-order valence-corrected chi connectivity index (χ0v) is 15.1. The monoisotopic (exact) mass is 355 g/mol. The Labute approximate surface area is 154 Å². The minimum Gasteiger partial charge on any atom is -0.494 e. The first-order valence-corrected chi connectivity index (χ1v) is 8.75. The van der Waals surface area contributed by atoms with E-state index in [4.69, 9.17) is 4.74 Å². The van der Waals surface area contributed by atoms with Crippen LogP contribution >= 0.6 is 0 Å². The third-order valence-corrected chi connectivity index (χ3v) is 3.93. The van der Waals surface area contributed by atoms with Gasteiger partial charge in [0.2, 0.25) is 5.91 Å². The van der Waals surface area contributed by atoms with E-state index in [1.165, 1.54) is 7.11 Å². The molecule has 5 nitrogen and oxygen atoms in total. The molecule has 0 bridgehead atoms. The number of methoxy groups -OCH3 is 1. The van der Waals surface area contributed by atoms with Gasteiger partial charge in [0, 0.05) is 19.5 Å². The fourth-order valence-electron chi connectivity index (χ4n) is 2.51. The fourth-order valence-corrected chi connectivity index (χ4v) is 2.51. The number of esters is 1. The van der Waals surface area contributed by atoms with Crippen LogP contribution in [0.5, 0.6) is 5.75 Å². The van der Waals surface area contributed by atoms with Crippen LogP contribution in [0, 0.1) is 0 Å². The van der Waals surface area contributed by atoms with Gasteiger partial charge in [0.05, 0.1) is 20.1 Å². The summed E-state index contributed by atoms with van der Waals surface area (Å²) in [6, 6.07) is 19.3. The summed E-state index contributed by atoms with van der Waals surface area (Å²) < 4.78 is 10.3. The zero-order valence-electron chi connectivity index (χ0n) is 15.1. The van der Waals surface area contributed by atoms with E-state index in [0.29, 0.717) is 32.5 Å². The van der Waals surface area contributed by atoms with Gasteiger partial charge in [-0.2, -0.15) is 0 Å². The van der Waals surface area contributed by atoms with Gasteiger partial charge in [-0.05, 0) is 24.1 Å². The van der Waals surface area contributed by atoms with Crippen molar-refractivity contribution in [1.82, 2.24) is 4.90 Å². The van der Waals surface area contributed by atoms with E-state index in [-0.39, 0.29) is 18.3 Å². The normalized spacial score (nSPS) is 10.2. The van der Waals surface area contributed by atoms with E-state index in [1.807, 2.05) is 60.7 Å². The van der Waals surface area contributed by atoms with Gasteiger partial charge in [0.15, 0.2) is 0 Å². The van der Waals surface area contributed by atoms with Crippen LogP contribution in [0.1, 0.15) is 24.8 Å². The number of hydrogen-bond acceptors (Lipinski definition) is 4. The highest BCUT2D eigenvalue weighted by Crippen LogP contribution is 2.11. The van der Waals surface area contributed by atoms with E-state index >= 15 is 0 Å². The molecule has 0 radical (unpaired) electrons. The Morgan fingerprint density at radius 3 is 2.23 bits per heavy atom. The average molecular weight is 355 g/mol. The molecule has 2 rings (SSSR count). The van der Waals surface area contributed by atoms with E-state index in [0.717, 1.165) is 11.3 Å². The van der Waals surface area contributed by atoms with Crippen molar-refractivity contribution in [2.45, 2.75) is 25.8 Å². The summed E-state index contributed by atoms with van der Waals surface area (Å²) >= 11 is 0. The van der Waals surface area contributed by atoms with Gasteiger partial charge in [-0.1, -0.05) is 48.5 Å². The van der Waals surface area contributed by atoms with Crippen LogP contribution < -0.4 is 4.74 Å². The molecule has 26 heavy (non-hydrogen) atoms. The van der Waals surface area contributed by atoms with Gasteiger partial charge < -0.3 is 14.4 Å². The Balaban J connectivity index is 1.84. The summed E-state index contributed by atoms with van der Waals surface area (Å²) in [4.78, 5) is 25.7. The minimum atomic E-state index is -0.316. The lowest BCUT2D eigenvalue weighted by Gasteiger charge is -2.22. The quantitative estimate of drug-likeness (QED) is 0.484. The lowest BCUT2D eigenvalue weighted by molar-refractivity contribution is -0.142. The fraction of sp³-hybridized carbons (Fsp3) is 0.333. The third-order valence-electron chi connectivity index (χ3n) is 3.93. The highest BCUT2D eigenvalue weighted by molar-refractivity contribution is 5.77. The summed E-state index contributed by atoms with van der Waals surface area (Å²) in [5.74, 6) is 0.490. The Morgan fingerprint density at radius 1 is 0.923 bits per heavy atom. The summed E-state index contributed by atoms with van der Waals surface area (Å²) in [5.41, 5.74) is 1.03. The van der Waals surface area contributed by atoms with Gasteiger partial charge in [-0.25, -0.2) is 0 Å². The van der Waals surface area contributed by atoms with Crippen molar-refractivity contribution in [1.29, 1.82) is 0 Å². The predicted molar refractivity (Wildman–Crippen MR) is 99.7 cm³/mol. The number of para-hydroxylation sites is 1. The van der Waals surface area contributed by atoms with Crippen LogP contribution in [0.4, 0.5) is 0 Å². The maximum absolute atomic E-state index is 12.6. The zero-order chi connectivity index (χ0) is 18.6. The molecule has 2 aromatic rings. The number of benzene rings is 2. The molecular weight excluding hydrogens is 330 g/mol. The van der Waals surface area contributed by atoms with E-state index in [1.54, 1.807) is 4.90 Å². The molecule has 0 unspecified atom stereocenters. The molecule has 0 aliphatic heterocycles. The van der Waals surface area contributed by atoms with Crippen LogP contribution in [0.2, 0.25) is 0 Å². The molecule has 0 fully saturated rings. The Kier molecular flexibility index (Phi) is 8.19. The molecule has 0 aliphatic rings. The summed E-state index contributed by atoms with van der Waals surface area (Å²) in [7, 11) is 1.35. The lowest BCUT2D eigenvalue weighted by atomic mass is 10.2. The van der Waals surface area contributed by atoms with Gasteiger partial charge >= 0.3 is 5.97 Å². The van der Waals surface area contributed by atoms with Gasteiger partial charge in [-0.3, -0.25) is 9.59 Å². The molecule has 5 heteroatoms. The van der Waals surface area contributed by atoms with Gasteiger partial charge in [0.1, 0.15) is 5.75 Å². The number of carbonyl (C=O) groups is 2. The number of amides is 1. The first kappa shape index (κ1) is 19.5. The largest absolute Gasteiger partial charge is 0.494 e. The van der Waals surface area contributed by atoms with Gasteiger partial charge in [0.25, 0.3) is 0 Å². The molecule has 0 aliphatic carbocycles. The maximum Gasteiger partial charge on any atom is 0.307 e. The average Bonchev–Trinajstić information content (AvgIpc) is 2.69. The van der Waals surface area contributed by atoms with Crippen LogP contribution in [0.3, 0.4) is 0 Å². The number of rotatable bonds is 10. The minimum absolute atomic E-state index is 0.00872. The number of ether oxygens (including phenoxy) is 2. The van der Waals surface area contributed by atoms with Crippen molar-refractivity contribution >= 4 is 11.9 Å².